The standard InChI is InChI=1S/C11H22N2O/c1-13-4-2-9(3-5-13)8-12-10-6-11(14)7-10/h9-12,14H,2-8H2,1H3. The van der Waals surface area contributed by atoms with Gasteiger partial charge in [-0.2, -0.15) is 0 Å². The molecule has 0 bridgehead atoms. The van der Waals surface area contributed by atoms with Crippen molar-refractivity contribution in [3.05, 3.63) is 0 Å². The fourth-order valence-corrected chi connectivity index (χ4v) is 2.35. The van der Waals surface area contributed by atoms with Crippen molar-refractivity contribution < 1.29 is 5.11 Å². The molecule has 1 saturated heterocycles. The molecule has 0 amide bonds. The van der Waals surface area contributed by atoms with E-state index in [1.165, 1.54) is 25.9 Å². The quantitative estimate of drug-likeness (QED) is 0.691. The molecule has 2 N–H and O–H groups in total. The topological polar surface area (TPSA) is 35.5 Å². The van der Waals surface area contributed by atoms with Gasteiger partial charge in [0, 0.05) is 6.04 Å². The molecule has 82 valence electrons. The lowest BCUT2D eigenvalue weighted by Crippen LogP contribution is -2.46. The molecule has 1 aliphatic heterocycles. The van der Waals surface area contributed by atoms with Gasteiger partial charge < -0.3 is 15.3 Å². The van der Waals surface area contributed by atoms with Gasteiger partial charge in [0.1, 0.15) is 0 Å². The number of hydrogen-bond donors (Lipinski definition) is 2. The number of likely N-dealkylation sites (tertiary alicyclic amines) is 1. The van der Waals surface area contributed by atoms with E-state index in [1.54, 1.807) is 0 Å². The minimum Gasteiger partial charge on any atom is -0.393 e. The average Bonchev–Trinajstić information content (AvgIpc) is 2.13. The Hall–Kier alpha value is -0.120. The van der Waals surface area contributed by atoms with Crippen LogP contribution in [0.15, 0.2) is 0 Å². The number of hydrogen-bond acceptors (Lipinski definition) is 3. The van der Waals surface area contributed by atoms with Crippen LogP contribution in [0.1, 0.15) is 25.7 Å². The van der Waals surface area contributed by atoms with Crippen molar-refractivity contribution in [2.24, 2.45) is 5.92 Å². The summed E-state index contributed by atoms with van der Waals surface area (Å²) in [4.78, 5) is 2.41. The molecule has 3 heteroatoms. The molecule has 2 fully saturated rings. The zero-order chi connectivity index (χ0) is 9.97. The van der Waals surface area contributed by atoms with Gasteiger partial charge in [0.25, 0.3) is 0 Å². The Labute approximate surface area is 86.5 Å². The minimum atomic E-state index is -0.0232. The zero-order valence-electron chi connectivity index (χ0n) is 9.08. The summed E-state index contributed by atoms with van der Waals surface area (Å²) in [6.07, 6.45) is 4.57. The second-order valence-corrected chi connectivity index (χ2v) is 4.98. The summed E-state index contributed by atoms with van der Waals surface area (Å²) in [7, 11) is 2.20. The zero-order valence-corrected chi connectivity index (χ0v) is 9.08. The smallest absolute Gasteiger partial charge is 0.0570 e. The van der Waals surface area contributed by atoms with E-state index in [-0.39, 0.29) is 6.10 Å². The molecular formula is C11H22N2O. The minimum absolute atomic E-state index is 0.0232. The number of piperidine rings is 1. The predicted molar refractivity (Wildman–Crippen MR) is 57.3 cm³/mol. The molecule has 0 spiro atoms. The van der Waals surface area contributed by atoms with Crippen molar-refractivity contribution in [2.45, 2.75) is 37.8 Å². The lowest BCUT2D eigenvalue weighted by atomic mass is 9.88. The summed E-state index contributed by atoms with van der Waals surface area (Å²) >= 11 is 0. The molecule has 0 radical (unpaired) electrons. The largest absolute Gasteiger partial charge is 0.393 e. The first-order chi connectivity index (χ1) is 6.74. The Morgan fingerprint density at radius 1 is 1.29 bits per heavy atom. The van der Waals surface area contributed by atoms with E-state index >= 15 is 0 Å². The number of nitrogens with zero attached hydrogens (tertiary/aromatic N) is 1. The third-order valence-corrected chi connectivity index (χ3v) is 3.65. The molecule has 2 rings (SSSR count). The maximum Gasteiger partial charge on any atom is 0.0570 e. The maximum absolute atomic E-state index is 9.14. The molecule has 0 aromatic rings. The predicted octanol–water partition coefficient (Wildman–Crippen LogP) is 0.441. The highest BCUT2D eigenvalue weighted by atomic mass is 16.3. The maximum atomic E-state index is 9.14. The highest BCUT2D eigenvalue weighted by Crippen LogP contribution is 2.21. The van der Waals surface area contributed by atoms with Crippen molar-refractivity contribution in [1.29, 1.82) is 0 Å². The molecule has 3 nitrogen and oxygen atoms in total. The van der Waals surface area contributed by atoms with E-state index < -0.39 is 0 Å². The number of aliphatic hydroxyl groups excluding tert-OH is 1. The van der Waals surface area contributed by atoms with E-state index in [0.29, 0.717) is 6.04 Å². The van der Waals surface area contributed by atoms with Crippen molar-refractivity contribution >= 4 is 0 Å². The summed E-state index contributed by atoms with van der Waals surface area (Å²) in [6.45, 7) is 3.66. The third-order valence-electron chi connectivity index (χ3n) is 3.65. The van der Waals surface area contributed by atoms with E-state index in [0.717, 1.165) is 25.3 Å². The molecule has 2 aliphatic rings. The van der Waals surface area contributed by atoms with Gasteiger partial charge in [-0.3, -0.25) is 0 Å². The Morgan fingerprint density at radius 2 is 1.93 bits per heavy atom. The van der Waals surface area contributed by atoms with E-state index in [1.807, 2.05) is 0 Å². The molecule has 1 aliphatic carbocycles. The van der Waals surface area contributed by atoms with Crippen LogP contribution in [0.25, 0.3) is 0 Å². The number of rotatable bonds is 3. The fourth-order valence-electron chi connectivity index (χ4n) is 2.35. The molecule has 0 atom stereocenters. The second kappa shape index (κ2) is 4.60. The first-order valence-electron chi connectivity index (χ1n) is 5.84. The third kappa shape index (κ3) is 2.69. The monoisotopic (exact) mass is 198 g/mol. The highest BCUT2D eigenvalue weighted by molar-refractivity contribution is 4.85. The summed E-state index contributed by atoms with van der Waals surface area (Å²) in [5.41, 5.74) is 0. The molecular weight excluding hydrogens is 176 g/mol. The SMILES string of the molecule is CN1CCC(CNC2CC(O)C2)CC1. The van der Waals surface area contributed by atoms with Crippen LogP contribution in [0.2, 0.25) is 0 Å². The van der Waals surface area contributed by atoms with E-state index in [2.05, 4.69) is 17.3 Å². The van der Waals surface area contributed by atoms with Gasteiger partial charge in [0.2, 0.25) is 0 Å². The Balaban J connectivity index is 1.57. The average molecular weight is 198 g/mol. The van der Waals surface area contributed by atoms with Gasteiger partial charge in [-0.25, -0.2) is 0 Å². The molecule has 1 saturated carbocycles. The lowest BCUT2D eigenvalue weighted by molar-refractivity contribution is 0.0593. The van der Waals surface area contributed by atoms with Gasteiger partial charge in [0.15, 0.2) is 0 Å². The van der Waals surface area contributed by atoms with Crippen LogP contribution in [0.3, 0.4) is 0 Å². The molecule has 0 aromatic heterocycles. The normalized spacial score (nSPS) is 35.6. The van der Waals surface area contributed by atoms with Crippen LogP contribution in [0.5, 0.6) is 0 Å². The van der Waals surface area contributed by atoms with Crippen molar-refractivity contribution in [3.8, 4) is 0 Å². The molecule has 1 heterocycles. The summed E-state index contributed by atoms with van der Waals surface area (Å²) in [5.74, 6) is 0.865. The van der Waals surface area contributed by atoms with E-state index in [4.69, 9.17) is 5.11 Å². The van der Waals surface area contributed by atoms with Gasteiger partial charge in [-0.1, -0.05) is 0 Å². The van der Waals surface area contributed by atoms with Crippen molar-refractivity contribution in [1.82, 2.24) is 10.2 Å². The Morgan fingerprint density at radius 3 is 2.50 bits per heavy atom. The highest BCUT2D eigenvalue weighted by Gasteiger charge is 2.27. The van der Waals surface area contributed by atoms with Gasteiger partial charge in [-0.05, 0) is 58.3 Å². The van der Waals surface area contributed by atoms with Gasteiger partial charge in [-0.15, -0.1) is 0 Å². The second-order valence-electron chi connectivity index (χ2n) is 4.98. The summed E-state index contributed by atoms with van der Waals surface area (Å²) in [6, 6.07) is 0.602. The lowest BCUT2D eigenvalue weighted by Gasteiger charge is -2.35. The van der Waals surface area contributed by atoms with Crippen LogP contribution < -0.4 is 5.32 Å². The first-order valence-corrected chi connectivity index (χ1v) is 5.84. The fraction of sp³-hybridized carbons (Fsp3) is 1.00. The van der Waals surface area contributed by atoms with Crippen LogP contribution in [-0.4, -0.2) is 48.8 Å². The Kier molecular flexibility index (Phi) is 3.42. The number of nitrogens with one attached hydrogen (secondary N) is 1. The molecule has 0 unspecified atom stereocenters. The molecule has 0 aromatic carbocycles. The molecule has 14 heavy (non-hydrogen) atoms. The van der Waals surface area contributed by atoms with Crippen LogP contribution in [-0.2, 0) is 0 Å². The first kappa shape index (κ1) is 10.4. The van der Waals surface area contributed by atoms with Crippen LogP contribution in [0, 0.1) is 5.92 Å². The Bertz CT molecular complexity index is 172. The summed E-state index contributed by atoms with van der Waals surface area (Å²) < 4.78 is 0. The van der Waals surface area contributed by atoms with Crippen molar-refractivity contribution in [2.75, 3.05) is 26.7 Å². The van der Waals surface area contributed by atoms with Crippen LogP contribution >= 0.6 is 0 Å². The number of aliphatic hydroxyl groups is 1. The summed E-state index contributed by atoms with van der Waals surface area (Å²) in [5, 5.41) is 12.7. The van der Waals surface area contributed by atoms with E-state index in [9.17, 15) is 0 Å². The van der Waals surface area contributed by atoms with Gasteiger partial charge in [0.05, 0.1) is 6.10 Å². The van der Waals surface area contributed by atoms with Crippen molar-refractivity contribution in [3.63, 3.8) is 0 Å². The van der Waals surface area contributed by atoms with Gasteiger partial charge >= 0.3 is 0 Å². The van der Waals surface area contributed by atoms with Crippen LogP contribution in [0.4, 0.5) is 0 Å².